The third-order valence-electron chi connectivity index (χ3n) is 6.74. The SMILES string of the molecule is Cc1nc(CC(=O)N2CCCC3(CCCCc4ccccc4OCCN(C)C3=O)C2)cs1. The smallest absolute Gasteiger partial charge is 0.230 e. The number of hydrogen-bond donors (Lipinski definition) is 0. The van der Waals surface area contributed by atoms with Gasteiger partial charge in [-0.25, -0.2) is 4.98 Å². The number of carbonyl (C=O) groups is 2. The van der Waals surface area contributed by atoms with Gasteiger partial charge >= 0.3 is 0 Å². The summed E-state index contributed by atoms with van der Waals surface area (Å²) in [7, 11) is 1.87. The summed E-state index contributed by atoms with van der Waals surface area (Å²) in [5, 5.41) is 2.93. The Balaban J connectivity index is 1.49. The molecule has 1 saturated heterocycles. The first-order chi connectivity index (χ1) is 15.5. The average Bonchev–Trinajstić information content (AvgIpc) is 3.21. The van der Waals surface area contributed by atoms with Crippen molar-refractivity contribution in [1.82, 2.24) is 14.8 Å². The van der Waals surface area contributed by atoms with E-state index in [0.29, 0.717) is 26.1 Å². The predicted octanol–water partition coefficient (Wildman–Crippen LogP) is 3.87. The van der Waals surface area contributed by atoms with Gasteiger partial charge < -0.3 is 14.5 Å². The van der Waals surface area contributed by atoms with Crippen LogP contribution < -0.4 is 4.74 Å². The molecule has 1 aromatic heterocycles. The second-order valence-electron chi connectivity index (χ2n) is 9.12. The van der Waals surface area contributed by atoms with Crippen LogP contribution in [-0.2, 0) is 22.4 Å². The van der Waals surface area contributed by atoms with Gasteiger partial charge in [0.25, 0.3) is 0 Å². The van der Waals surface area contributed by atoms with E-state index in [-0.39, 0.29) is 11.8 Å². The van der Waals surface area contributed by atoms with Gasteiger partial charge in [-0.2, -0.15) is 0 Å². The van der Waals surface area contributed by atoms with Crippen LogP contribution in [0.5, 0.6) is 5.75 Å². The molecule has 0 radical (unpaired) electrons. The van der Waals surface area contributed by atoms with Crippen LogP contribution >= 0.6 is 11.3 Å². The molecule has 172 valence electrons. The second kappa shape index (κ2) is 10.0. The van der Waals surface area contributed by atoms with Crippen molar-refractivity contribution in [3.63, 3.8) is 0 Å². The van der Waals surface area contributed by atoms with Crippen LogP contribution in [0.25, 0.3) is 0 Å². The molecule has 2 aliphatic rings. The van der Waals surface area contributed by atoms with Crippen molar-refractivity contribution in [2.75, 3.05) is 33.3 Å². The van der Waals surface area contributed by atoms with Crippen LogP contribution in [0.1, 0.15) is 48.4 Å². The number of aryl methyl sites for hydroxylation is 2. The van der Waals surface area contributed by atoms with E-state index in [4.69, 9.17) is 4.74 Å². The first-order valence-electron chi connectivity index (χ1n) is 11.6. The summed E-state index contributed by atoms with van der Waals surface area (Å²) in [5.74, 6) is 1.15. The number of thiazole rings is 1. The molecule has 1 atom stereocenters. The van der Waals surface area contributed by atoms with Crippen molar-refractivity contribution in [3.05, 3.63) is 45.9 Å². The lowest BCUT2D eigenvalue weighted by atomic mass is 9.74. The average molecular weight is 456 g/mol. The number of benzene rings is 1. The van der Waals surface area contributed by atoms with Gasteiger partial charge in [0.1, 0.15) is 12.4 Å². The third kappa shape index (κ3) is 5.14. The van der Waals surface area contributed by atoms with E-state index in [1.165, 1.54) is 5.56 Å². The number of fused-ring (bicyclic) bond motifs is 1. The van der Waals surface area contributed by atoms with Gasteiger partial charge in [-0.1, -0.05) is 24.6 Å². The second-order valence-corrected chi connectivity index (χ2v) is 10.2. The van der Waals surface area contributed by atoms with Crippen molar-refractivity contribution in [3.8, 4) is 5.75 Å². The normalized spacial score (nSPS) is 22.6. The van der Waals surface area contributed by atoms with Crippen LogP contribution in [0, 0.1) is 12.3 Å². The van der Waals surface area contributed by atoms with Gasteiger partial charge in [0.2, 0.25) is 11.8 Å². The quantitative estimate of drug-likeness (QED) is 0.690. The van der Waals surface area contributed by atoms with Crippen molar-refractivity contribution < 1.29 is 14.3 Å². The number of likely N-dealkylation sites (N-methyl/N-ethyl adjacent to an activating group) is 1. The molecule has 0 bridgehead atoms. The largest absolute Gasteiger partial charge is 0.491 e. The van der Waals surface area contributed by atoms with Crippen LogP contribution in [-0.4, -0.2) is 59.9 Å². The molecule has 1 unspecified atom stereocenters. The number of piperidine rings is 1. The maximum absolute atomic E-state index is 13.6. The van der Waals surface area contributed by atoms with Crippen LogP contribution in [0.2, 0.25) is 0 Å². The first-order valence-corrected chi connectivity index (χ1v) is 12.5. The zero-order chi connectivity index (χ0) is 22.6. The van der Waals surface area contributed by atoms with Crippen molar-refractivity contribution in [1.29, 1.82) is 0 Å². The Labute approximate surface area is 194 Å². The Morgan fingerprint density at radius 2 is 2.00 bits per heavy atom. The Bertz CT molecular complexity index is 959. The summed E-state index contributed by atoms with van der Waals surface area (Å²) in [6, 6.07) is 8.20. The van der Waals surface area contributed by atoms with Crippen LogP contribution in [0.3, 0.4) is 0 Å². The number of ether oxygens (including phenoxy) is 1. The standard InChI is InChI=1S/C25H33N3O3S/c1-19-26-21(17-32-19)16-23(29)28-13-7-12-25(18-28)11-6-5-9-20-8-3-4-10-22(20)31-15-14-27(2)24(25)30/h3-4,8,10,17H,5-7,9,11-16,18H2,1-2H3. The highest BCUT2D eigenvalue weighted by Gasteiger charge is 2.44. The maximum atomic E-state index is 13.6. The van der Waals surface area contributed by atoms with Crippen molar-refractivity contribution in [2.45, 2.75) is 51.9 Å². The molecule has 0 N–H and O–H groups in total. The van der Waals surface area contributed by atoms with Crippen molar-refractivity contribution in [2.24, 2.45) is 5.41 Å². The van der Waals surface area contributed by atoms with Gasteiger partial charge in [0.05, 0.1) is 29.1 Å². The zero-order valence-electron chi connectivity index (χ0n) is 19.1. The van der Waals surface area contributed by atoms with E-state index in [1.807, 2.05) is 41.3 Å². The van der Waals surface area contributed by atoms with E-state index in [9.17, 15) is 9.59 Å². The van der Waals surface area contributed by atoms with Crippen LogP contribution in [0.15, 0.2) is 29.6 Å². The highest BCUT2D eigenvalue weighted by Crippen LogP contribution is 2.38. The maximum Gasteiger partial charge on any atom is 0.230 e. The first kappa shape index (κ1) is 22.8. The Morgan fingerprint density at radius 1 is 1.19 bits per heavy atom. The van der Waals surface area contributed by atoms with Gasteiger partial charge in [-0.05, 0) is 50.7 Å². The fourth-order valence-electron chi connectivity index (χ4n) is 5.02. The fraction of sp³-hybridized carbons (Fsp3) is 0.560. The molecule has 32 heavy (non-hydrogen) atoms. The molecule has 2 aliphatic heterocycles. The molecule has 2 amide bonds. The molecule has 1 fully saturated rings. The summed E-state index contributed by atoms with van der Waals surface area (Å²) in [4.78, 5) is 34.8. The summed E-state index contributed by atoms with van der Waals surface area (Å²) >= 11 is 1.57. The summed E-state index contributed by atoms with van der Waals surface area (Å²) in [6.07, 6.45) is 5.75. The topological polar surface area (TPSA) is 62.7 Å². The molecule has 0 saturated carbocycles. The Hall–Kier alpha value is -2.41. The van der Waals surface area contributed by atoms with E-state index in [0.717, 1.165) is 61.5 Å². The van der Waals surface area contributed by atoms with Gasteiger partial charge in [-0.3, -0.25) is 9.59 Å². The number of hydrogen-bond acceptors (Lipinski definition) is 5. The van der Waals surface area contributed by atoms with Crippen molar-refractivity contribution >= 4 is 23.2 Å². The van der Waals surface area contributed by atoms with E-state index in [2.05, 4.69) is 17.1 Å². The molecule has 7 heteroatoms. The molecule has 2 aromatic rings. The number of nitrogens with zero attached hydrogens (tertiary/aromatic N) is 3. The molecule has 4 rings (SSSR count). The lowest BCUT2D eigenvalue weighted by molar-refractivity contribution is -0.149. The Kier molecular flexibility index (Phi) is 7.13. The summed E-state index contributed by atoms with van der Waals surface area (Å²) < 4.78 is 6.02. The number of rotatable bonds is 2. The lowest BCUT2D eigenvalue weighted by Crippen LogP contribution is -2.54. The number of likely N-dealkylation sites (tertiary alicyclic amines) is 1. The molecule has 1 spiro atoms. The summed E-state index contributed by atoms with van der Waals surface area (Å²) in [5.41, 5.74) is 1.56. The summed E-state index contributed by atoms with van der Waals surface area (Å²) in [6.45, 7) is 4.20. The molecule has 6 nitrogen and oxygen atoms in total. The molecule has 3 heterocycles. The number of amides is 2. The van der Waals surface area contributed by atoms with Gasteiger partial charge in [-0.15, -0.1) is 11.3 Å². The lowest BCUT2D eigenvalue weighted by Gasteiger charge is -2.44. The van der Waals surface area contributed by atoms with Gasteiger partial charge in [0.15, 0.2) is 0 Å². The monoisotopic (exact) mass is 455 g/mol. The van der Waals surface area contributed by atoms with E-state index < -0.39 is 5.41 Å². The third-order valence-corrected chi connectivity index (χ3v) is 7.56. The minimum absolute atomic E-state index is 0.0770. The number of aromatic nitrogens is 1. The fourth-order valence-corrected chi connectivity index (χ4v) is 5.63. The van der Waals surface area contributed by atoms with Gasteiger partial charge in [0, 0.05) is 25.5 Å². The van der Waals surface area contributed by atoms with Crippen LogP contribution in [0.4, 0.5) is 0 Å². The highest BCUT2D eigenvalue weighted by atomic mass is 32.1. The van der Waals surface area contributed by atoms with E-state index >= 15 is 0 Å². The number of carbonyl (C=O) groups excluding carboxylic acids is 2. The molecular weight excluding hydrogens is 422 g/mol. The van der Waals surface area contributed by atoms with E-state index in [1.54, 1.807) is 11.3 Å². The minimum Gasteiger partial charge on any atom is -0.491 e. The Morgan fingerprint density at radius 3 is 2.81 bits per heavy atom. The highest BCUT2D eigenvalue weighted by molar-refractivity contribution is 7.09. The predicted molar refractivity (Wildman–Crippen MR) is 126 cm³/mol. The minimum atomic E-state index is -0.501. The molecular formula is C25H33N3O3S. The number of para-hydroxylation sites is 1. The molecule has 0 aliphatic carbocycles. The zero-order valence-corrected chi connectivity index (χ0v) is 20.0. The molecule has 1 aromatic carbocycles.